The molecule has 0 saturated heterocycles. The number of aromatic nitrogens is 2. The molecule has 0 fully saturated rings. The second-order valence-electron chi connectivity index (χ2n) is 5.27. The monoisotopic (exact) mass is 329 g/mol. The Morgan fingerprint density at radius 3 is 2.71 bits per heavy atom. The third kappa shape index (κ3) is 2.30. The molecule has 0 aliphatic carbocycles. The Hall–Kier alpha value is -3.23. The highest BCUT2D eigenvalue weighted by Crippen LogP contribution is 2.30. The molecular formula is C19H11N3OS. The highest BCUT2D eigenvalue weighted by atomic mass is 32.1. The van der Waals surface area contributed by atoms with Crippen molar-refractivity contribution in [2.45, 2.75) is 0 Å². The third-order valence-electron chi connectivity index (χ3n) is 3.82. The van der Waals surface area contributed by atoms with E-state index in [-0.39, 0.29) is 5.56 Å². The molecule has 5 heteroatoms. The molecule has 0 aliphatic heterocycles. The van der Waals surface area contributed by atoms with Crippen molar-refractivity contribution in [3.05, 3.63) is 82.2 Å². The quantitative estimate of drug-likeness (QED) is 0.559. The van der Waals surface area contributed by atoms with E-state index in [1.807, 2.05) is 35.7 Å². The Morgan fingerprint density at radius 2 is 1.92 bits per heavy atom. The zero-order valence-corrected chi connectivity index (χ0v) is 13.3. The van der Waals surface area contributed by atoms with Crippen molar-refractivity contribution in [3.63, 3.8) is 0 Å². The van der Waals surface area contributed by atoms with Gasteiger partial charge in [0.15, 0.2) is 0 Å². The van der Waals surface area contributed by atoms with Gasteiger partial charge in [-0.3, -0.25) is 9.36 Å². The lowest BCUT2D eigenvalue weighted by Gasteiger charge is -2.06. The first-order valence-corrected chi connectivity index (χ1v) is 8.21. The molecule has 4 aromatic rings. The molecule has 0 amide bonds. The zero-order valence-electron chi connectivity index (χ0n) is 12.5. The average Bonchev–Trinajstić information content (AvgIpc) is 3.08. The van der Waals surface area contributed by atoms with Crippen LogP contribution in [0, 0.1) is 11.3 Å². The van der Waals surface area contributed by atoms with Crippen LogP contribution in [-0.4, -0.2) is 9.55 Å². The molecule has 0 unspecified atom stereocenters. The van der Waals surface area contributed by atoms with Crippen molar-refractivity contribution >= 4 is 21.6 Å². The van der Waals surface area contributed by atoms with Crippen LogP contribution in [-0.2, 0) is 0 Å². The SMILES string of the molecule is N#Cc1cccc(-n2cnc3c(-c4ccccc4)csc3c2=O)c1. The number of nitriles is 1. The molecular weight excluding hydrogens is 318 g/mol. The number of hydrogen-bond acceptors (Lipinski definition) is 4. The van der Waals surface area contributed by atoms with Gasteiger partial charge in [-0.05, 0) is 23.8 Å². The maximum Gasteiger partial charge on any atom is 0.275 e. The van der Waals surface area contributed by atoms with Crippen LogP contribution in [0.1, 0.15) is 5.56 Å². The summed E-state index contributed by atoms with van der Waals surface area (Å²) >= 11 is 1.39. The molecule has 2 aromatic carbocycles. The lowest BCUT2D eigenvalue weighted by molar-refractivity contribution is 0.966. The number of rotatable bonds is 2. The predicted octanol–water partition coefficient (Wildman–Crippen LogP) is 3.99. The van der Waals surface area contributed by atoms with E-state index in [4.69, 9.17) is 5.26 Å². The van der Waals surface area contributed by atoms with Gasteiger partial charge in [0.2, 0.25) is 0 Å². The van der Waals surface area contributed by atoms with Gasteiger partial charge in [-0.15, -0.1) is 11.3 Å². The second-order valence-corrected chi connectivity index (χ2v) is 6.15. The summed E-state index contributed by atoms with van der Waals surface area (Å²) in [5, 5.41) is 11.0. The van der Waals surface area contributed by atoms with Crippen LogP contribution < -0.4 is 5.56 Å². The fraction of sp³-hybridized carbons (Fsp3) is 0. The maximum atomic E-state index is 12.8. The lowest BCUT2D eigenvalue weighted by atomic mass is 10.1. The van der Waals surface area contributed by atoms with E-state index in [1.54, 1.807) is 24.3 Å². The van der Waals surface area contributed by atoms with E-state index in [1.165, 1.54) is 22.2 Å². The number of hydrogen-bond donors (Lipinski definition) is 0. The van der Waals surface area contributed by atoms with Crippen LogP contribution in [0.15, 0.2) is 71.1 Å². The third-order valence-corrected chi connectivity index (χ3v) is 4.78. The molecule has 4 nitrogen and oxygen atoms in total. The summed E-state index contributed by atoms with van der Waals surface area (Å²) in [6.45, 7) is 0. The van der Waals surface area contributed by atoms with Gasteiger partial charge in [-0.2, -0.15) is 5.26 Å². The number of benzene rings is 2. The molecule has 24 heavy (non-hydrogen) atoms. The van der Waals surface area contributed by atoms with E-state index in [0.29, 0.717) is 21.5 Å². The van der Waals surface area contributed by atoms with Crippen molar-refractivity contribution in [2.75, 3.05) is 0 Å². The Morgan fingerprint density at radius 1 is 1.08 bits per heavy atom. The normalized spacial score (nSPS) is 10.6. The standard InChI is InChI=1S/C19H11N3OS/c20-10-13-5-4-8-15(9-13)22-12-21-17-16(11-24-18(17)19(22)23)14-6-2-1-3-7-14/h1-9,11-12H. The van der Waals surface area contributed by atoms with Gasteiger partial charge in [0, 0.05) is 10.9 Å². The molecule has 0 atom stereocenters. The average molecular weight is 329 g/mol. The van der Waals surface area contributed by atoms with Gasteiger partial charge >= 0.3 is 0 Å². The van der Waals surface area contributed by atoms with Crippen LogP contribution >= 0.6 is 11.3 Å². The molecule has 0 saturated carbocycles. The van der Waals surface area contributed by atoms with Crippen molar-refractivity contribution in [1.82, 2.24) is 9.55 Å². The Balaban J connectivity index is 1.91. The van der Waals surface area contributed by atoms with E-state index >= 15 is 0 Å². The van der Waals surface area contributed by atoms with Crippen LogP contribution in [0.5, 0.6) is 0 Å². The van der Waals surface area contributed by atoms with Gasteiger partial charge in [0.25, 0.3) is 5.56 Å². The molecule has 114 valence electrons. The summed E-state index contributed by atoms with van der Waals surface area (Å²) in [5.41, 5.74) is 3.75. The van der Waals surface area contributed by atoms with Gasteiger partial charge < -0.3 is 0 Å². The van der Waals surface area contributed by atoms with E-state index < -0.39 is 0 Å². The molecule has 2 heterocycles. The molecule has 0 spiro atoms. The highest BCUT2D eigenvalue weighted by Gasteiger charge is 2.13. The number of nitrogens with zero attached hydrogens (tertiary/aromatic N) is 3. The molecule has 0 N–H and O–H groups in total. The predicted molar refractivity (Wildman–Crippen MR) is 95.4 cm³/mol. The van der Waals surface area contributed by atoms with Crippen LogP contribution in [0.2, 0.25) is 0 Å². The van der Waals surface area contributed by atoms with E-state index in [0.717, 1.165) is 11.1 Å². The van der Waals surface area contributed by atoms with Gasteiger partial charge in [0.1, 0.15) is 11.0 Å². The van der Waals surface area contributed by atoms with E-state index in [9.17, 15) is 4.79 Å². The summed E-state index contributed by atoms with van der Waals surface area (Å²) in [6, 6.07) is 18.9. The fourth-order valence-corrected chi connectivity index (χ4v) is 3.60. The number of fused-ring (bicyclic) bond motifs is 1. The minimum Gasteiger partial charge on any atom is -0.267 e. The van der Waals surface area contributed by atoms with Crippen molar-refractivity contribution in [2.24, 2.45) is 0 Å². The maximum absolute atomic E-state index is 12.8. The zero-order chi connectivity index (χ0) is 16.5. The second kappa shape index (κ2) is 5.76. The van der Waals surface area contributed by atoms with Gasteiger partial charge in [-0.25, -0.2) is 4.98 Å². The van der Waals surface area contributed by atoms with Crippen LogP contribution in [0.4, 0.5) is 0 Å². The largest absolute Gasteiger partial charge is 0.275 e. The van der Waals surface area contributed by atoms with Gasteiger partial charge in [0.05, 0.1) is 22.8 Å². The lowest BCUT2D eigenvalue weighted by Crippen LogP contribution is -2.17. The van der Waals surface area contributed by atoms with E-state index in [2.05, 4.69) is 11.1 Å². The first-order chi connectivity index (χ1) is 11.8. The topological polar surface area (TPSA) is 58.7 Å². The molecule has 0 aliphatic rings. The van der Waals surface area contributed by atoms with Gasteiger partial charge in [-0.1, -0.05) is 36.4 Å². The summed E-state index contributed by atoms with van der Waals surface area (Å²) < 4.78 is 2.09. The van der Waals surface area contributed by atoms with Crippen molar-refractivity contribution in [3.8, 4) is 22.9 Å². The smallest absolute Gasteiger partial charge is 0.267 e. The van der Waals surface area contributed by atoms with Crippen LogP contribution in [0.3, 0.4) is 0 Å². The summed E-state index contributed by atoms with van der Waals surface area (Å²) in [5.74, 6) is 0. The Bertz CT molecular complexity index is 1140. The highest BCUT2D eigenvalue weighted by molar-refractivity contribution is 7.17. The first-order valence-electron chi connectivity index (χ1n) is 7.33. The summed E-state index contributed by atoms with van der Waals surface area (Å²) in [4.78, 5) is 17.3. The summed E-state index contributed by atoms with van der Waals surface area (Å²) in [7, 11) is 0. The van der Waals surface area contributed by atoms with Crippen molar-refractivity contribution in [1.29, 1.82) is 5.26 Å². The fourth-order valence-electron chi connectivity index (χ4n) is 2.64. The number of thiophene rings is 1. The molecule has 0 bridgehead atoms. The Kier molecular flexibility index (Phi) is 3.45. The van der Waals surface area contributed by atoms with Crippen LogP contribution in [0.25, 0.3) is 27.0 Å². The Labute approximate surface area is 141 Å². The van der Waals surface area contributed by atoms with Crippen molar-refractivity contribution < 1.29 is 0 Å². The summed E-state index contributed by atoms with van der Waals surface area (Å²) in [6.07, 6.45) is 1.53. The molecule has 0 radical (unpaired) electrons. The minimum atomic E-state index is -0.123. The molecule has 4 rings (SSSR count). The minimum absolute atomic E-state index is 0.123. The first kappa shape index (κ1) is 14.4. The molecule has 2 aromatic heterocycles.